The van der Waals surface area contributed by atoms with Gasteiger partial charge in [0.25, 0.3) is 5.56 Å². The normalized spacial score (nSPS) is 25.8. The van der Waals surface area contributed by atoms with Crippen molar-refractivity contribution in [3.05, 3.63) is 20.3 Å². The van der Waals surface area contributed by atoms with Crippen LogP contribution in [-0.4, -0.2) is 22.6 Å². The van der Waals surface area contributed by atoms with E-state index >= 15 is 0 Å². The highest BCUT2D eigenvalue weighted by Gasteiger charge is 2.25. The first-order valence-electron chi connectivity index (χ1n) is 5.59. The summed E-state index contributed by atoms with van der Waals surface area (Å²) in [5.74, 6) is 1.51. The van der Waals surface area contributed by atoms with E-state index in [1.54, 1.807) is 0 Å². The zero-order valence-corrected chi connectivity index (χ0v) is 11.7. The Hall–Kier alpha value is -0.590. The molecule has 0 spiro atoms. The number of anilines is 1. The van der Waals surface area contributed by atoms with Gasteiger partial charge in [-0.15, -0.1) is 0 Å². The van der Waals surface area contributed by atoms with Crippen LogP contribution in [0.5, 0.6) is 0 Å². The highest BCUT2D eigenvalue weighted by Crippen LogP contribution is 2.27. The van der Waals surface area contributed by atoms with Gasteiger partial charge in [0, 0.05) is 12.6 Å². The molecule has 0 amide bonds. The predicted molar refractivity (Wildman–Crippen MR) is 72.8 cm³/mol. The molecule has 4 nitrogen and oxygen atoms in total. The quantitative estimate of drug-likeness (QED) is 0.800. The molecule has 0 radical (unpaired) electrons. The second kappa shape index (κ2) is 4.73. The number of H-pyrrole nitrogens is 1. The molecule has 0 aromatic carbocycles. The Morgan fingerprint density at radius 1 is 1.50 bits per heavy atom. The van der Waals surface area contributed by atoms with Crippen molar-refractivity contribution in [1.82, 2.24) is 9.97 Å². The summed E-state index contributed by atoms with van der Waals surface area (Å²) in [6, 6.07) is 0.471. The van der Waals surface area contributed by atoms with Crippen LogP contribution in [0.25, 0.3) is 0 Å². The van der Waals surface area contributed by atoms with Crippen molar-refractivity contribution in [3.8, 4) is 0 Å². The molecule has 1 aliphatic heterocycles. The number of hydrogen-bond acceptors (Lipinski definition) is 3. The van der Waals surface area contributed by atoms with Gasteiger partial charge in [0.2, 0.25) is 0 Å². The minimum Gasteiger partial charge on any atom is -0.353 e. The fraction of sp³-hybridized carbons (Fsp3) is 0.636. The maximum Gasteiger partial charge on any atom is 0.266 e. The Kier molecular flexibility index (Phi) is 3.51. The number of nitrogens with one attached hydrogen (secondary N) is 1. The molecular formula is C11H16IN3O. The molecule has 0 saturated carbocycles. The smallest absolute Gasteiger partial charge is 0.266 e. The monoisotopic (exact) mass is 333 g/mol. The zero-order chi connectivity index (χ0) is 11.7. The molecule has 0 bridgehead atoms. The lowest BCUT2D eigenvalue weighted by molar-refractivity contribution is 0.387. The van der Waals surface area contributed by atoms with E-state index in [9.17, 15) is 4.79 Å². The Balaban J connectivity index is 2.35. The van der Waals surface area contributed by atoms with Crippen molar-refractivity contribution < 1.29 is 0 Å². The molecule has 1 aliphatic rings. The van der Waals surface area contributed by atoms with E-state index in [1.165, 1.54) is 19.2 Å². The molecule has 0 aliphatic carbocycles. The highest BCUT2D eigenvalue weighted by molar-refractivity contribution is 14.1. The number of piperidine rings is 1. The summed E-state index contributed by atoms with van der Waals surface area (Å²) in [4.78, 5) is 20.7. The molecule has 5 heteroatoms. The Bertz CT molecular complexity index is 431. The summed E-state index contributed by atoms with van der Waals surface area (Å²) in [5.41, 5.74) is -0.0453. The van der Waals surface area contributed by atoms with E-state index in [2.05, 4.69) is 51.3 Å². The molecule has 2 heterocycles. The first-order valence-corrected chi connectivity index (χ1v) is 6.67. The molecule has 1 aromatic rings. The number of aromatic nitrogens is 2. The second-order valence-electron chi connectivity index (χ2n) is 4.55. The predicted octanol–water partition coefficient (Wildman–Crippen LogP) is 2.00. The molecule has 88 valence electrons. The third-order valence-corrected chi connectivity index (χ3v) is 4.14. The first kappa shape index (κ1) is 11.9. The second-order valence-corrected chi connectivity index (χ2v) is 5.63. The molecule has 2 atom stereocenters. The van der Waals surface area contributed by atoms with Gasteiger partial charge < -0.3 is 9.88 Å². The van der Waals surface area contributed by atoms with Crippen molar-refractivity contribution in [2.45, 2.75) is 32.7 Å². The SMILES string of the molecule is CC1CCC(C)N(c2nc[nH]c(=O)c2I)C1. The maximum atomic E-state index is 11.5. The third-order valence-electron chi connectivity index (χ3n) is 3.17. The first-order chi connectivity index (χ1) is 7.59. The topological polar surface area (TPSA) is 49.0 Å². The van der Waals surface area contributed by atoms with Crippen molar-refractivity contribution >= 4 is 28.4 Å². The molecule has 2 rings (SSSR count). The van der Waals surface area contributed by atoms with Gasteiger partial charge >= 0.3 is 0 Å². The largest absolute Gasteiger partial charge is 0.353 e. The van der Waals surface area contributed by atoms with Crippen LogP contribution in [0.2, 0.25) is 0 Å². The van der Waals surface area contributed by atoms with E-state index in [4.69, 9.17) is 0 Å². The number of hydrogen-bond donors (Lipinski definition) is 1. The minimum atomic E-state index is -0.0453. The van der Waals surface area contributed by atoms with Crippen molar-refractivity contribution in [3.63, 3.8) is 0 Å². The summed E-state index contributed by atoms with van der Waals surface area (Å²) >= 11 is 2.08. The summed E-state index contributed by atoms with van der Waals surface area (Å²) in [5, 5.41) is 0. The van der Waals surface area contributed by atoms with E-state index in [0.29, 0.717) is 15.5 Å². The molecular weight excluding hydrogens is 317 g/mol. The summed E-state index contributed by atoms with van der Waals surface area (Å²) < 4.78 is 0.695. The Morgan fingerprint density at radius 3 is 3.00 bits per heavy atom. The van der Waals surface area contributed by atoms with E-state index < -0.39 is 0 Å². The van der Waals surface area contributed by atoms with Gasteiger partial charge in [-0.2, -0.15) is 0 Å². The molecule has 16 heavy (non-hydrogen) atoms. The molecule has 2 unspecified atom stereocenters. The third kappa shape index (κ3) is 2.23. The van der Waals surface area contributed by atoms with E-state index in [-0.39, 0.29) is 5.56 Å². The van der Waals surface area contributed by atoms with Gasteiger partial charge in [-0.25, -0.2) is 4.98 Å². The lowest BCUT2D eigenvalue weighted by atomic mass is 9.95. The fourth-order valence-corrected chi connectivity index (χ4v) is 2.76. The van der Waals surface area contributed by atoms with E-state index in [1.807, 2.05) is 0 Å². The van der Waals surface area contributed by atoms with Crippen LogP contribution in [-0.2, 0) is 0 Å². The lowest BCUT2D eigenvalue weighted by Crippen LogP contribution is -2.42. The fourth-order valence-electron chi connectivity index (χ4n) is 2.16. The standard InChI is InChI=1S/C11H16IN3O/c1-7-3-4-8(2)15(5-7)10-9(12)11(16)14-6-13-10/h6-8H,3-5H2,1-2H3,(H,13,14,16). The van der Waals surface area contributed by atoms with Crippen LogP contribution >= 0.6 is 22.6 Å². The van der Waals surface area contributed by atoms with Crippen LogP contribution in [0.1, 0.15) is 26.7 Å². The summed E-state index contributed by atoms with van der Waals surface area (Å²) in [7, 11) is 0. The minimum absolute atomic E-state index is 0.0453. The summed E-state index contributed by atoms with van der Waals surface area (Å²) in [6.45, 7) is 5.44. The number of nitrogens with zero attached hydrogens (tertiary/aromatic N) is 2. The number of rotatable bonds is 1. The average molecular weight is 333 g/mol. The van der Waals surface area contributed by atoms with Crippen LogP contribution in [0.3, 0.4) is 0 Å². The average Bonchev–Trinajstić information content (AvgIpc) is 2.26. The van der Waals surface area contributed by atoms with E-state index in [0.717, 1.165) is 12.4 Å². The van der Waals surface area contributed by atoms with Crippen LogP contribution < -0.4 is 10.5 Å². The molecule has 1 N–H and O–H groups in total. The van der Waals surface area contributed by atoms with Gasteiger partial charge in [-0.3, -0.25) is 4.79 Å². The van der Waals surface area contributed by atoms with Gasteiger partial charge in [-0.1, -0.05) is 6.92 Å². The maximum absolute atomic E-state index is 11.5. The van der Waals surface area contributed by atoms with Crippen molar-refractivity contribution in [2.24, 2.45) is 5.92 Å². The zero-order valence-electron chi connectivity index (χ0n) is 9.53. The molecule has 1 saturated heterocycles. The summed E-state index contributed by atoms with van der Waals surface area (Å²) in [6.07, 6.45) is 3.93. The molecule has 1 aromatic heterocycles. The number of halogens is 1. The van der Waals surface area contributed by atoms with Crippen molar-refractivity contribution in [2.75, 3.05) is 11.4 Å². The van der Waals surface area contributed by atoms with Gasteiger partial charge in [0.15, 0.2) is 0 Å². The van der Waals surface area contributed by atoms with Crippen LogP contribution in [0.15, 0.2) is 11.1 Å². The lowest BCUT2D eigenvalue weighted by Gasteiger charge is -2.37. The van der Waals surface area contributed by atoms with Gasteiger partial charge in [0.1, 0.15) is 9.39 Å². The number of aromatic amines is 1. The highest BCUT2D eigenvalue weighted by atomic mass is 127. The molecule has 1 fully saturated rings. The van der Waals surface area contributed by atoms with Gasteiger partial charge in [0.05, 0.1) is 6.33 Å². The van der Waals surface area contributed by atoms with Crippen LogP contribution in [0, 0.1) is 9.49 Å². The Labute approximate surface area is 109 Å². The van der Waals surface area contributed by atoms with Crippen molar-refractivity contribution in [1.29, 1.82) is 0 Å². The van der Waals surface area contributed by atoms with Crippen LogP contribution in [0.4, 0.5) is 5.82 Å². The van der Waals surface area contributed by atoms with Gasteiger partial charge in [-0.05, 0) is 48.3 Å². The Morgan fingerprint density at radius 2 is 2.25 bits per heavy atom.